The van der Waals surface area contributed by atoms with Gasteiger partial charge in [0.1, 0.15) is 11.9 Å². The highest BCUT2D eigenvalue weighted by atomic mass is 16.6. The molecule has 0 aromatic heterocycles. The van der Waals surface area contributed by atoms with Crippen LogP contribution in [0.4, 0.5) is 10.5 Å². The molecule has 0 atom stereocenters. The van der Waals surface area contributed by atoms with Crippen molar-refractivity contribution in [3.63, 3.8) is 0 Å². The quantitative estimate of drug-likeness (QED) is 0.703. The van der Waals surface area contributed by atoms with Crippen LogP contribution < -0.4 is 9.64 Å². The second-order valence-electron chi connectivity index (χ2n) is 9.38. The third-order valence-electron chi connectivity index (χ3n) is 6.65. The number of piperidine rings is 1. The van der Waals surface area contributed by atoms with Crippen LogP contribution in [0, 0.1) is 5.92 Å². The number of nitrogens with zero attached hydrogens (tertiary/aromatic N) is 3. The van der Waals surface area contributed by atoms with E-state index in [0.717, 1.165) is 37.7 Å². The van der Waals surface area contributed by atoms with E-state index in [2.05, 4.69) is 47.9 Å². The van der Waals surface area contributed by atoms with Gasteiger partial charge in [-0.1, -0.05) is 20.3 Å². The van der Waals surface area contributed by atoms with Crippen molar-refractivity contribution in [2.75, 3.05) is 50.8 Å². The number of hydrogen-bond donors (Lipinski definition) is 0. The van der Waals surface area contributed by atoms with Gasteiger partial charge >= 0.3 is 6.09 Å². The van der Waals surface area contributed by atoms with Gasteiger partial charge in [-0.05, 0) is 55.9 Å². The molecular formula is C24H37N3O3. The third-order valence-corrected chi connectivity index (χ3v) is 6.65. The zero-order valence-electron chi connectivity index (χ0n) is 18.6. The van der Waals surface area contributed by atoms with Crippen LogP contribution in [0.5, 0.6) is 5.75 Å². The maximum atomic E-state index is 12.1. The van der Waals surface area contributed by atoms with Crippen LogP contribution in [-0.2, 0) is 4.74 Å². The first-order valence-electron chi connectivity index (χ1n) is 11.8. The smallest absolute Gasteiger partial charge is 0.409 e. The molecule has 166 valence electrons. The van der Waals surface area contributed by atoms with Crippen LogP contribution in [0.3, 0.4) is 0 Å². The Balaban J connectivity index is 1.20. The van der Waals surface area contributed by atoms with Crippen LogP contribution in [0.15, 0.2) is 24.3 Å². The van der Waals surface area contributed by atoms with E-state index < -0.39 is 0 Å². The summed E-state index contributed by atoms with van der Waals surface area (Å²) in [6.45, 7) is 10.0. The molecule has 1 aromatic rings. The maximum Gasteiger partial charge on any atom is 0.409 e. The van der Waals surface area contributed by atoms with Gasteiger partial charge in [-0.15, -0.1) is 0 Å². The van der Waals surface area contributed by atoms with Crippen molar-refractivity contribution in [3.05, 3.63) is 24.3 Å². The lowest BCUT2D eigenvalue weighted by atomic mass is 9.90. The molecule has 1 aliphatic carbocycles. The number of likely N-dealkylation sites (tertiary alicyclic amines) is 1. The average Bonchev–Trinajstić information content (AvgIpc) is 2.73. The fourth-order valence-electron chi connectivity index (χ4n) is 4.52. The number of amides is 1. The fourth-order valence-corrected chi connectivity index (χ4v) is 4.52. The van der Waals surface area contributed by atoms with E-state index in [1.54, 1.807) is 0 Å². The molecule has 0 spiro atoms. The van der Waals surface area contributed by atoms with E-state index in [1.807, 2.05) is 4.90 Å². The number of carbonyl (C=O) groups is 1. The Labute approximate surface area is 181 Å². The van der Waals surface area contributed by atoms with E-state index >= 15 is 0 Å². The Morgan fingerprint density at radius 2 is 1.63 bits per heavy atom. The molecule has 30 heavy (non-hydrogen) atoms. The standard InChI is InChI=1S/C24H37N3O3/c1-19(2)18-29-24(28)27-16-14-26(15-17-27)21-6-8-22(9-7-21)30-23-10-12-25(13-11-23)20-4-3-5-20/h6-9,19-20,23H,3-5,10-18H2,1-2H3. The largest absolute Gasteiger partial charge is 0.490 e. The molecule has 1 saturated carbocycles. The minimum Gasteiger partial charge on any atom is -0.490 e. The first kappa shape index (κ1) is 21.3. The molecule has 2 aliphatic heterocycles. The Morgan fingerprint density at radius 3 is 2.20 bits per heavy atom. The number of piperazine rings is 1. The Morgan fingerprint density at radius 1 is 0.967 bits per heavy atom. The van der Waals surface area contributed by atoms with Crippen molar-refractivity contribution in [2.24, 2.45) is 5.92 Å². The van der Waals surface area contributed by atoms with E-state index in [4.69, 9.17) is 9.47 Å². The van der Waals surface area contributed by atoms with Crippen molar-refractivity contribution >= 4 is 11.8 Å². The zero-order valence-corrected chi connectivity index (χ0v) is 18.6. The summed E-state index contributed by atoms with van der Waals surface area (Å²) in [5.41, 5.74) is 1.19. The lowest BCUT2D eigenvalue weighted by Gasteiger charge is -2.41. The second-order valence-corrected chi connectivity index (χ2v) is 9.38. The number of anilines is 1. The minimum absolute atomic E-state index is 0.185. The lowest BCUT2D eigenvalue weighted by Crippen LogP contribution is -2.49. The summed E-state index contributed by atoms with van der Waals surface area (Å²) in [6.07, 6.45) is 6.61. The Bertz CT molecular complexity index is 673. The normalized spacial score (nSPS) is 21.6. The van der Waals surface area contributed by atoms with Crippen molar-refractivity contribution in [1.29, 1.82) is 0 Å². The summed E-state index contributed by atoms with van der Waals surface area (Å²) in [5.74, 6) is 1.34. The highest BCUT2D eigenvalue weighted by Gasteiger charge is 2.29. The van der Waals surface area contributed by atoms with Gasteiger partial charge in [0.05, 0.1) is 6.61 Å². The summed E-state index contributed by atoms with van der Waals surface area (Å²) in [7, 11) is 0. The molecule has 6 nitrogen and oxygen atoms in total. The van der Waals surface area contributed by atoms with E-state index in [0.29, 0.717) is 31.7 Å². The van der Waals surface area contributed by atoms with E-state index in [9.17, 15) is 4.79 Å². The summed E-state index contributed by atoms with van der Waals surface area (Å²) in [6, 6.07) is 9.33. The molecule has 2 heterocycles. The molecule has 0 radical (unpaired) electrons. The molecule has 2 saturated heterocycles. The van der Waals surface area contributed by atoms with Gasteiger partial charge in [0.25, 0.3) is 0 Å². The monoisotopic (exact) mass is 415 g/mol. The molecule has 0 N–H and O–H groups in total. The summed E-state index contributed by atoms with van der Waals surface area (Å²) in [4.78, 5) is 18.9. The number of ether oxygens (including phenoxy) is 2. The summed E-state index contributed by atoms with van der Waals surface area (Å²) >= 11 is 0. The first-order chi connectivity index (χ1) is 14.6. The molecule has 1 aromatic carbocycles. The van der Waals surface area contributed by atoms with Gasteiger partial charge in [0.15, 0.2) is 0 Å². The van der Waals surface area contributed by atoms with Gasteiger partial charge in [0, 0.05) is 51.0 Å². The summed E-state index contributed by atoms with van der Waals surface area (Å²) in [5, 5.41) is 0. The molecule has 3 aliphatic rings. The minimum atomic E-state index is -0.185. The lowest BCUT2D eigenvalue weighted by molar-refractivity contribution is 0.0493. The van der Waals surface area contributed by atoms with Crippen LogP contribution in [0.25, 0.3) is 0 Å². The number of benzene rings is 1. The van der Waals surface area contributed by atoms with Gasteiger partial charge in [-0.2, -0.15) is 0 Å². The van der Waals surface area contributed by atoms with Gasteiger partial charge in [0.2, 0.25) is 0 Å². The van der Waals surface area contributed by atoms with Crippen molar-refractivity contribution < 1.29 is 14.3 Å². The fraction of sp³-hybridized carbons (Fsp3) is 0.708. The van der Waals surface area contributed by atoms with Crippen molar-refractivity contribution in [3.8, 4) is 5.75 Å². The van der Waals surface area contributed by atoms with Crippen LogP contribution in [0.1, 0.15) is 46.0 Å². The van der Waals surface area contributed by atoms with Crippen molar-refractivity contribution in [1.82, 2.24) is 9.80 Å². The third kappa shape index (κ3) is 5.39. The van der Waals surface area contributed by atoms with Gasteiger partial charge in [-0.3, -0.25) is 0 Å². The van der Waals surface area contributed by atoms with Gasteiger partial charge in [-0.25, -0.2) is 4.79 Å². The van der Waals surface area contributed by atoms with Crippen LogP contribution >= 0.6 is 0 Å². The summed E-state index contributed by atoms with van der Waals surface area (Å²) < 4.78 is 11.6. The second kappa shape index (κ2) is 9.90. The van der Waals surface area contributed by atoms with E-state index in [-0.39, 0.29) is 6.09 Å². The predicted octanol–water partition coefficient (Wildman–Crippen LogP) is 4.00. The molecule has 1 amide bonds. The van der Waals surface area contributed by atoms with Crippen LogP contribution in [0.2, 0.25) is 0 Å². The first-order valence-corrected chi connectivity index (χ1v) is 11.8. The maximum absolute atomic E-state index is 12.1. The predicted molar refractivity (Wildman–Crippen MR) is 119 cm³/mol. The van der Waals surface area contributed by atoms with Crippen LogP contribution in [-0.4, -0.2) is 73.9 Å². The van der Waals surface area contributed by atoms with E-state index in [1.165, 1.54) is 38.0 Å². The number of rotatable bonds is 6. The molecule has 0 unspecified atom stereocenters. The molecule has 0 bridgehead atoms. The Kier molecular flexibility index (Phi) is 7.03. The highest BCUT2D eigenvalue weighted by Crippen LogP contribution is 2.29. The Hall–Kier alpha value is -1.95. The topological polar surface area (TPSA) is 45.3 Å². The molecular weight excluding hydrogens is 378 g/mol. The zero-order chi connectivity index (χ0) is 20.9. The van der Waals surface area contributed by atoms with Crippen molar-refractivity contribution in [2.45, 2.75) is 58.1 Å². The molecule has 6 heteroatoms. The average molecular weight is 416 g/mol. The highest BCUT2D eigenvalue weighted by molar-refractivity contribution is 5.68. The SMILES string of the molecule is CC(C)COC(=O)N1CCN(c2ccc(OC3CCN(C4CCC4)CC3)cc2)CC1. The van der Waals surface area contributed by atoms with Gasteiger partial charge < -0.3 is 24.2 Å². The number of hydrogen-bond acceptors (Lipinski definition) is 5. The molecule has 3 fully saturated rings. The molecule has 4 rings (SSSR count). The number of carbonyl (C=O) groups excluding carboxylic acids is 1.